The molecule has 0 aliphatic heterocycles. The first-order valence-electron chi connectivity index (χ1n) is 7.44. The second kappa shape index (κ2) is 5.93. The van der Waals surface area contributed by atoms with Crippen LogP contribution in [0.15, 0.2) is 53.8 Å². The van der Waals surface area contributed by atoms with Crippen molar-refractivity contribution in [3.05, 3.63) is 54.4 Å². The van der Waals surface area contributed by atoms with E-state index in [0.717, 1.165) is 33.3 Å². The molecule has 5 heteroatoms. The molecule has 1 aromatic carbocycles. The predicted molar refractivity (Wildman–Crippen MR) is 90.0 cm³/mol. The van der Waals surface area contributed by atoms with Crippen molar-refractivity contribution >= 4 is 28.5 Å². The second-order valence-corrected chi connectivity index (χ2v) is 6.34. The van der Waals surface area contributed by atoms with Gasteiger partial charge in [0, 0.05) is 23.4 Å². The molecule has 1 saturated carbocycles. The molecule has 0 spiro atoms. The third-order valence-corrected chi connectivity index (χ3v) is 4.46. The molecule has 1 N–H and O–H groups in total. The predicted octanol–water partition coefficient (Wildman–Crippen LogP) is 3.89. The van der Waals surface area contributed by atoms with Crippen LogP contribution in [-0.2, 0) is 5.75 Å². The van der Waals surface area contributed by atoms with Crippen LogP contribution in [0.5, 0.6) is 0 Å². The summed E-state index contributed by atoms with van der Waals surface area (Å²) in [4.78, 5) is 13.7. The number of thioether (sulfide) groups is 1. The highest BCUT2D eigenvalue weighted by atomic mass is 32.2. The number of para-hydroxylation sites is 1. The van der Waals surface area contributed by atoms with Crippen LogP contribution in [0.2, 0.25) is 0 Å². The van der Waals surface area contributed by atoms with Crippen LogP contribution in [0.4, 0.5) is 5.82 Å². The normalized spacial score (nSPS) is 14.2. The Bertz CT molecular complexity index is 787. The number of nitrogens with zero attached hydrogens (tertiary/aromatic N) is 3. The number of nitrogens with one attached hydrogen (secondary N) is 1. The molecule has 0 saturated heterocycles. The summed E-state index contributed by atoms with van der Waals surface area (Å²) in [6.45, 7) is 0. The fourth-order valence-electron chi connectivity index (χ4n) is 2.27. The number of fused-ring (bicyclic) bond motifs is 1. The maximum Gasteiger partial charge on any atom is 0.190 e. The Balaban J connectivity index is 1.62. The van der Waals surface area contributed by atoms with Crippen molar-refractivity contribution < 1.29 is 0 Å². The molecular formula is C17H16N4S. The number of hydrogen-bond acceptors (Lipinski definition) is 5. The summed E-state index contributed by atoms with van der Waals surface area (Å²) < 4.78 is 0. The third kappa shape index (κ3) is 3.04. The molecule has 1 fully saturated rings. The molecule has 22 heavy (non-hydrogen) atoms. The van der Waals surface area contributed by atoms with E-state index in [1.165, 1.54) is 12.8 Å². The summed E-state index contributed by atoms with van der Waals surface area (Å²) in [5.74, 6) is 1.74. The number of pyridine rings is 1. The molecule has 1 aliphatic rings. The Kier molecular flexibility index (Phi) is 3.64. The minimum Gasteiger partial charge on any atom is -0.367 e. The highest BCUT2D eigenvalue weighted by Gasteiger charge is 2.22. The molecule has 0 unspecified atom stereocenters. The molecular weight excluding hydrogens is 292 g/mol. The first-order valence-corrected chi connectivity index (χ1v) is 8.43. The average Bonchev–Trinajstić information content (AvgIpc) is 3.38. The van der Waals surface area contributed by atoms with Gasteiger partial charge < -0.3 is 5.32 Å². The van der Waals surface area contributed by atoms with Gasteiger partial charge in [0.15, 0.2) is 5.16 Å². The lowest BCUT2D eigenvalue weighted by Crippen LogP contribution is -2.05. The van der Waals surface area contributed by atoms with Gasteiger partial charge in [-0.15, -0.1) is 0 Å². The number of rotatable bonds is 5. The summed E-state index contributed by atoms with van der Waals surface area (Å²) in [6.07, 6.45) is 4.28. The van der Waals surface area contributed by atoms with Gasteiger partial charge in [-0.1, -0.05) is 30.0 Å². The monoisotopic (exact) mass is 308 g/mol. The third-order valence-electron chi connectivity index (χ3n) is 3.58. The average molecular weight is 308 g/mol. The van der Waals surface area contributed by atoms with Crippen molar-refractivity contribution in [3.8, 4) is 0 Å². The molecule has 0 amide bonds. The maximum atomic E-state index is 4.71. The van der Waals surface area contributed by atoms with Crippen molar-refractivity contribution in [2.24, 2.45) is 0 Å². The largest absolute Gasteiger partial charge is 0.367 e. The zero-order chi connectivity index (χ0) is 14.8. The summed E-state index contributed by atoms with van der Waals surface area (Å²) in [5.41, 5.74) is 2.03. The molecule has 2 heterocycles. The Morgan fingerprint density at radius 1 is 1.05 bits per heavy atom. The molecule has 3 aromatic rings. The fourth-order valence-corrected chi connectivity index (χ4v) is 3.04. The van der Waals surface area contributed by atoms with E-state index in [-0.39, 0.29) is 0 Å². The van der Waals surface area contributed by atoms with Gasteiger partial charge >= 0.3 is 0 Å². The van der Waals surface area contributed by atoms with Crippen LogP contribution < -0.4 is 5.32 Å². The highest BCUT2D eigenvalue weighted by molar-refractivity contribution is 7.98. The Morgan fingerprint density at radius 2 is 1.91 bits per heavy atom. The zero-order valence-electron chi connectivity index (χ0n) is 12.1. The molecule has 0 atom stereocenters. The minimum atomic E-state index is 0.576. The van der Waals surface area contributed by atoms with Crippen LogP contribution in [-0.4, -0.2) is 21.0 Å². The van der Waals surface area contributed by atoms with Gasteiger partial charge in [0.1, 0.15) is 5.82 Å². The van der Waals surface area contributed by atoms with E-state index in [9.17, 15) is 0 Å². The lowest BCUT2D eigenvalue weighted by atomic mass is 10.2. The van der Waals surface area contributed by atoms with Gasteiger partial charge in [-0.05, 0) is 37.1 Å². The number of aromatic nitrogens is 3. The van der Waals surface area contributed by atoms with Gasteiger partial charge in [-0.2, -0.15) is 0 Å². The molecule has 0 bridgehead atoms. The lowest BCUT2D eigenvalue weighted by molar-refractivity contribution is 0.982. The Labute approximate surface area is 133 Å². The summed E-state index contributed by atoms with van der Waals surface area (Å²) >= 11 is 1.63. The molecule has 4 rings (SSSR count). The lowest BCUT2D eigenvalue weighted by Gasteiger charge is -2.09. The van der Waals surface area contributed by atoms with Gasteiger partial charge in [-0.3, -0.25) is 4.98 Å². The number of hydrogen-bond donors (Lipinski definition) is 1. The zero-order valence-corrected chi connectivity index (χ0v) is 12.9. The smallest absolute Gasteiger partial charge is 0.190 e. The Morgan fingerprint density at radius 3 is 2.73 bits per heavy atom. The molecule has 1 aliphatic carbocycles. The van der Waals surface area contributed by atoms with Crippen molar-refractivity contribution in [1.29, 1.82) is 0 Å². The standard InChI is InChI=1S/C17H16N4S/c1-2-7-15-14(6-1)16(19-12-8-9-12)21-17(20-15)22-11-13-5-3-4-10-18-13/h1-7,10,12H,8-9,11H2,(H,19,20,21). The summed E-state index contributed by atoms with van der Waals surface area (Å²) in [5, 5.41) is 5.41. The van der Waals surface area contributed by atoms with E-state index in [4.69, 9.17) is 4.98 Å². The van der Waals surface area contributed by atoms with Gasteiger partial charge in [0.05, 0.1) is 11.2 Å². The fraction of sp³-hybridized carbons (Fsp3) is 0.235. The van der Waals surface area contributed by atoms with Crippen LogP contribution >= 0.6 is 11.8 Å². The minimum absolute atomic E-state index is 0.576. The first-order chi connectivity index (χ1) is 10.9. The van der Waals surface area contributed by atoms with E-state index in [1.54, 1.807) is 11.8 Å². The van der Waals surface area contributed by atoms with Crippen molar-refractivity contribution in [2.45, 2.75) is 29.8 Å². The van der Waals surface area contributed by atoms with E-state index in [1.807, 2.05) is 42.6 Å². The van der Waals surface area contributed by atoms with Crippen LogP contribution in [0, 0.1) is 0 Å². The second-order valence-electron chi connectivity index (χ2n) is 5.40. The summed E-state index contributed by atoms with van der Waals surface area (Å²) in [7, 11) is 0. The van der Waals surface area contributed by atoms with Gasteiger partial charge in [0.25, 0.3) is 0 Å². The maximum absolute atomic E-state index is 4.71. The highest BCUT2D eigenvalue weighted by Crippen LogP contribution is 2.30. The molecule has 0 radical (unpaired) electrons. The van der Waals surface area contributed by atoms with Crippen molar-refractivity contribution in [2.75, 3.05) is 5.32 Å². The number of benzene rings is 1. The molecule has 110 valence electrons. The van der Waals surface area contributed by atoms with E-state index >= 15 is 0 Å². The number of anilines is 1. The van der Waals surface area contributed by atoms with Crippen LogP contribution in [0.25, 0.3) is 10.9 Å². The van der Waals surface area contributed by atoms with Crippen molar-refractivity contribution in [3.63, 3.8) is 0 Å². The quantitative estimate of drug-likeness (QED) is 0.572. The van der Waals surface area contributed by atoms with E-state index in [2.05, 4.69) is 21.4 Å². The van der Waals surface area contributed by atoms with Gasteiger partial charge in [-0.25, -0.2) is 9.97 Å². The van der Waals surface area contributed by atoms with Crippen LogP contribution in [0.3, 0.4) is 0 Å². The van der Waals surface area contributed by atoms with Crippen LogP contribution in [0.1, 0.15) is 18.5 Å². The summed E-state index contributed by atoms with van der Waals surface area (Å²) in [6, 6.07) is 14.7. The topological polar surface area (TPSA) is 50.7 Å². The first kappa shape index (κ1) is 13.5. The van der Waals surface area contributed by atoms with E-state index in [0.29, 0.717) is 6.04 Å². The molecule has 2 aromatic heterocycles. The molecule has 4 nitrogen and oxygen atoms in total. The Hall–Kier alpha value is -2.14. The SMILES string of the molecule is c1ccc(CSc2nc(NC3CC3)c3ccccc3n2)nc1. The van der Waals surface area contributed by atoms with Gasteiger partial charge in [0.2, 0.25) is 0 Å². The van der Waals surface area contributed by atoms with E-state index < -0.39 is 0 Å². The van der Waals surface area contributed by atoms with Crippen molar-refractivity contribution in [1.82, 2.24) is 15.0 Å².